The molecule has 2 aromatic carbocycles. The van der Waals surface area contributed by atoms with Gasteiger partial charge in [-0.1, -0.05) is 30.3 Å². The van der Waals surface area contributed by atoms with E-state index in [0.29, 0.717) is 23.2 Å². The lowest BCUT2D eigenvalue weighted by atomic mass is 10.1. The number of imide groups is 1. The molecule has 0 fully saturated rings. The van der Waals surface area contributed by atoms with Gasteiger partial charge in [0.1, 0.15) is 0 Å². The van der Waals surface area contributed by atoms with E-state index >= 15 is 0 Å². The number of ether oxygens (including phenoxy) is 1. The summed E-state index contributed by atoms with van der Waals surface area (Å²) in [5.41, 5.74) is 1.76. The third-order valence-corrected chi connectivity index (χ3v) is 5.66. The average molecular weight is 434 g/mol. The van der Waals surface area contributed by atoms with Crippen LogP contribution >= 0.6 is 11.3 Å². The maximum atomic E-state index is 12.5. The van der Waals surface area contributed by atoms with E-state index < -0.39 is 5.97 Å². The van der Waals surface area contributed by atoms with Crippen LogP contribution in [0.15, 0.2) is 66.0 Å². The molecule has 0 saturated heterocycles. The van der Waals surface area contributed by atoms with Crippen LogP contribution in [-0.2, 0) is 22.6 Å². The number of hydrogen-bond donors (Lipinski definition) is 1. The summed E-state index contributed by atoms with van der Waals surface area (Å²) in [5.74, 6) is -1.68. The lowest BCUT2D eigenvalue weighted by Gasteiger charge is -2.14. The maximum absolute atomic E-state index is 12.5. The van der Waals surface area contributed by atoms with Crippen LogP contribution in [0.25, 0.3) is 0 Å². The van der Waals surface area contributed by atoms with E-state index in [1.165, 1.54) is 16.2 Å². The summed E-state index contributed by atoms with van der Waals surface area (Å²) in [6.45, 7) is 0.119. The standard InChI is InChI=1S/C23H18N2O5S/c26-20(24-12-17-4-3-11-31-17)14-30-23(29)16-9-7-15(8-10-16)13-25-21(27)18-5-1-2-6-19(18)22(25)28/h1-11H,12-14H2,(H,24,26). The van der Waals surface area contributed by atoms with Crippen LogP contribution < -0.4 is 5.32 Å². The van der Waals surface area contributed by atoms with E-state index in [0.717, 1.165) is 4.88 Å². The molecule has 3 amide bonds. The first-order valence-electron chi connectivity index (χ1n) is 9.53. The molecular weight excluding hydrogens is 416 g/mol. The molecule has 1 aromatic heterocycles. The molecule has 0 saturated carbocycles. The minimum atomic E-state index is -0.626. The van der Waals surface area contributed by atoms with Crippen LogP contribution in [0, 0.1) is 0 Å². The summed E-state index contributed by atoms with van der Waals surface area (Å²) in [6, 6.07) is 16.9. The molecule has 156 valence electrons. The lowest BCUT2D eigenvalue weighted by molar-refractivity contribution is -0.124. The molecule has 0 aliphatic carbocycles. The largest absolute Gasteiger partial charge is 0.452 e. The summed E-state index contributed by atoms with van der Waals surface area (Å²) in [4.78, 5) is 51.1. The van der Waals surface area contributed by atoms with Crippen LogP contribution in [0.2, 0.25) is 0 Å². The van der Waals surface area contributed by atoms with Crippen LogP contribution in [-0.4, -0.2) is 35.2 Å². The van der Waals surface area contributed by atoms with E-state index in [2.05, 4.69) is 5.32 Å². The molecule has 3 aromatic rings. The fraction of sp³-hybridized carbons (Fsp3) is 0.130. The third kappa shape index (κ3) is 4.54. The van der Waals surface area contributed by atoms with E-state index in [4.69, 9.17) is 4.74 Å². The number of nitrogens with one attached hydrogen (secondary N) is 1. The summed E-state index contributed by atoms with van der Waals surface area (Å²) < 4.78 is 5.04. The molecule has 1 aliphatic rings. The average Bonchev–Trinajstić information content (AvgIpc) is 3.40. The molecule has 7 nitrogen and oxygen atoms in total. The smallest absolute Gasteiger partial charge is 0.338 e. The van der Waals surface area contributed by atoms with Crippen molar-refractivity contribution in [3.05, 3.63) is 93.2 Å². The van der Waals surface area contributed by atoms with Gasteiger partial charge in [0.25, 0.3) is 17.7 Å². The predicted molar refractivity (Wildman–Crippen MR) is 114 cm³/mol. The molecule has 31 heavy (non-hydrogen) atoms. The minimum absolute atomic E-state index is 0.104. The van der Waals surface area contributed by atoms with Crippen molar-refractivity contribution in [1.82, 2.24) is 10.2 Å². The Balaban J connectivity index is 1.30. The highest BCUT2D eigenvalue weighted by atomic mass is 32.1. The van der Waals surface area contributed by atoms with Gasteiger partial charge in [-0.05, 0) is 41.3 Å². The van der Waals surface area contributed by atoms with Gasteiger partial charge >= 0.3 is 5.97 Å². The second-order valence-electron chi connectivity index (χ2n) is 6.87. The molecule has 0 atom stereocenters. The van der Waals surface area contributed by atoms with Crippen molar-refractivity contribution in [3.63, 3.8) is 0 Å². The minimum Gasteiger partial charge on any atom is -0.452 e. The Morgan fingerprint density at radius 3 is 2.19 bits per heavy atom. The number of fused-ring (bicyclic) bond motifs is 1. The van der Waals surface area contributed by atoms with Crippen molar-refractivity contribution in [2.24, 2.45) is 0 Å². The van der Waals surface area contributed by atoms with Crippen LogP contribution in [0.1, 0.15) is 41.5 Å². The fourth-order valence-corrected chi connectivity index (χ4v) is 3.82. The SMILES string of the molecule is O=C(COC(=O)c1ccc(CN2C(=O)c3ccccc3C2=O)cc1)NCc1cccs1. The second-order valence-corrected chi connectivity index (χ2v) is 7.90. The van der Waals surface area contributed by atoms with Gasteiger partial charge in [-0.3, -0.25) is 19.3 Å². The highest BCUT2D eigenvalue weighted by Gasteiger charge is 2.34. The van der Waals surface area contributed by atoms with Crippen molar-refractivity contribution in [3.8, 4) is 0 Å². The van der Waals surface area contributed by atoms with Gasteiger partial charge in [-0.15, -0.1) is 11.3 Å². The van der Waals surface area contributed by atoms with E-state index in [1.807, 2.05) is 17.5 Å². The van der Waals surface area contributed by atoms with E-state index in [9.17, 15) is 19.2 Å². The quantitative estimate of drug-likeness (QED) is 0.456. The molecule has 4 rings (SSSR count). The summed E-state index contributed by atoms with van der Waals surface area (Å²) in [7, 11) is 0. The molecule has 0 spiro atoms. The first-order valence-corrected chi connectivity index (χ1v) is 10.4. The van der Waals surface area contributed by atoms with Crippen molar-refractivity contribution >= 4 is 35.0 Å². The first kappa shape index (κ1) is 20.5. The Labute approximate surface area is 182 Å². The number of amides is 3. The highest BCUT2D eigenvalue weighted by molar-refractivity contribution is 7.09. The van der Waals surface area contributed by atoms with Crippen LogP contribution in [0.4, 0.5) is 0 Å². The van der Waals surface area contributed by atoms with Gasteiger partial charge in [0.05, 0.1) is 29.8 Å². The molecule has 0 unspecified atom stereocenters. The number of thiophene rings is 1. The number of esters is 1. The van der Waals surface area contributed by atoms with E-state index in [-0.39, 0.29) is 36.4 Å². The van der Waals surface area contributed by atoms with Gasteiger partial charge in [-0.25, -0.2) is 4.79 Å². The lowest BCUT2D eigenvalue weighted by Crippen LogP contribution is -2.29. The fourth-order valence-electron chi connectivity index (χ4n) is 3.18. The molecule has 1 aliphatic heterocycles. The van der Waals surface area contributed by atoms with Crippen LogP contribution in [0.3, 0.4) is 0 Å². The highest BCUT2D eigenvalue weighted by Crippen LogP contribution is 2.24. The normalized spacial score (nSPS) is 12.6. The molecule has 2 heterocycles. The second kappa shape index (κ2) is 8.93. The molecule has 0 bridgehead atoms. The Morgan fingerprint density at radius 2 is 1.58 bits per heavy atom. The molecule has 0 radical (unpaired) electrons. The summed E-state index contributed by atoms with van der Waals surface area (Å²) in [6.07, 6.45) is 0. The zero-order chi connectivity index (χ0) is 21.8. The Hall–Kier alpha value is -3.78. The third-order valence-electron chi connectivity index (χ3n) is 4.78. The number of carbonyl (C=O) groups excluding carboxylic acids is 4. The van der Waals surface area contributed by atoms with Crippen molar-refractivity contribution in [2.45, 2.75) is 13.1 Å². The van der Waals surface area contributed by atoms with E-state index in [1.54, 1.807) is 48.5 Å². The molecular formula is C23H18N2O5S. The van der Waals surface area contributed by atoms with Crippen molar-refractivity contribution < 1.29 is 23.9 Å². The van der Waals surface area contributed by atoms with Gasteiger partial charge in [0.2, 0.25) is 0 Å². The van der Waals surface area contributed by atoms with Gasteiger partial charge in [0.15, 0.2) is 6.61 Å². The van der Waals surface area contributed by atoms with Gasteiger partial charge in [0, 0.05) is 4.88 Å². The monoisotopic (exact) mass is 434 g/mol. The topological polar surface area (TPSA) is 92.8 Å². The number of hydrogen-bond acceptors (Lipinski definition) is 6. The van der Waals surface area contributed by atoms with Crippen molar-refractivity contribution in [2.75, 3.05) is 6.61 Å². The maximum Gasteiger partial charge on any atom is 0.338 e. The van der Waals surface area contributed by atoms with Gasteiger partial charge in [-0.2, -0.15) is 0 Å². The first-order chi connectivity index (χ1) is 15.0. The predicted octanol–water partition coefficient (Wildman–Crippen LogP) is 3.02. The number of carbonyl (C=O) groups is 4. The zero-order valence-electron chi connectivity index (χ0n) is 16.4. The Kier molecular flexibility index (Phi) is 5.90. The molecule has 8 heteroatoms. The van der Waals surface area contributed by atoms with Crippen LogP contribution in [0.5, 0.6) is 0 Å². The Morgan fingerprint density at radius 1 is 0.903 bits per heavy atom. The van der Waals surface area contributed by atoms with Gasteiger partial charge < -0.3 is 10.1 Å². The number of benzene rings is 2. The Bertz CT molecular complexity index is 1100. The summed E-state index contributed by atoms with van der Waals surface area (Å²) >= 11 is 1.53. The number of nitrogens with zero attached hydrogens (tertiary/aromatic N) is 1. The number of rotatable bonds is 7. The zero-order valence-corrected chi connectivity index (χ0v) is 17.2. The van der Waals surface area contributed by atoms with Crippen molar-refractivity contribution in [1.29, 1.82) is 0 Å². The molecule has 1 N–H and O–H groups in total. The summed E-state index contributed by atoms with van der Waals surface area (Å²) in [5, 5.41) is 4.60.